The first-order valence-corrected chi connectivity index (χ1v) is 12.5. The van der Waals surface area contributed by atoms with Gasteiger partial charge >= 0.3 is 0 Å². The largest absolute Gasteiger partial charge is 0.491 e. The van der Waals surface area contributed by atoms with E-state index in [1.807, 2.05) is 18.2 Å². The van der Waals surface area contributed by atoms with Gasteiger partial charge < -0.3 is 19.8 Å². The molecule has 2 N–H and O–H groups in total. The van der Waals surface area contributed by atoms with Crippen LogP contribution in [0.2, 0.25) is 0 Å². The monoisotopic (exact) mass is 483 g/mol. The summed E-state index contributed by atoms with van der Waals surface area (Å²) in [6.45, 7) is 8.32. The number of likely N-dealkylation sites (tertiary alicyclic amines) is 1. The molecule has 1 saturated heterocycles. The highest BCUT2D eigenvalue weighted by atomic mass is 16.5. The van der Waals surface area contributed by atoms with Gasteiger partial charge in [-0.2, -0.15) is 0 Å². The number of ether oxygens (including phenoxy) is 1. The second-order valence-electron chi connectivity index (χ2n) is 10.7. The Morgan fingerprint density at radius 1 is 1.11 bits per heavy atom. The van der Waals surface area contributed by atoms with Gasteiger partial charge in [0.05, 0.1) is 6.61 Å². The van der Waals surface area contributed by atoms with Crippen molar-refractivity contribution in [1.82, 2.24) is 14.9 Å². The maximum Gasteiger partial charge on any atom is 0.175 e. The van der Waals surface area contributed by atoms with E-state index in [2.05, 4.69) is 66.7 Å². The summed E-state index contributed by atoms with van der Waals surface area (Å²) in [5.74, 6) is 7.08. The molecule has 6 nitrogen and oxygen atoms in total. The molecule has 0 saturated carbocycles. The van der Waals surface area contributed by atoms with Gasteiger partial charge in [0.25, 0.3) is 0 Å². The topological polar surface area (TPSA) is 78.7 Å². The Balaban J connectivity index is 1.55. The summed E-state index contributed by atoms with van der Waals surface area (Å²) in [5, 5.41) is 23.7. The van der Waals surface area contributed by atoms with E-state index in [9.17, 15) is 10.2 Å². The lowest BCUT2D eigenvalue weighted by Crippen LogP contribution is -2.63. The summed E-state index contributed by atoms with van der Waals surface area (Å²) in [4.78, 5) is 11.0. The molecule has 3 aromatic rings. The van der Waals surface area contributed by atoms with E-state index in [4.69, 9.17) is 4.74 Å². The van der Waals surface area contributed by atoms with Crippen LogP contribution in [0.15, 0.2) is 61.1 Å². The third-order valence-electron chi connectivity index (χ3n) is 7.56. The average Bonchev–Trinajstić information content (AvgIpc) is 2.87. The number of hydrogen-bond donors (Lipinski definition) is 2. The van der Waals surface area contributed by atoms with Crippen molar-refractivity contribution in [2.24, 2.45) is 5.41 Å². The fourth-order valence-electron chi connectivity index (χ4n) is 5.59. The van der Waals surface area contributed by atoms with Gasteiger partial charge in [0.2, 0.25) is 0 Å². The first-order chi connectivity index (χ1) is 17.1. The van der Waals surface area contributed by atoms with Gasteiger partial charge in [0, 0.05) is 54.6 Å². The number of pyridine rings is 2. The van der Waals surface area contributed by atoms with E-state index in [1.165, 1.54) is 5.56 Å². The Morgan fingerprint density at radius 3 is 2.56 bits per heavy atom. The molecule has 0 aliphatic carbocycles. The molecule has 36 heavy (non-hydrogen) atoms. The van der Waals surface area contributed by atoms with Crippen molar-refractivity contribution < 1.29 is 14.9 Å². The van der Waals surface area contributed by atoms with Gasteiger partial charge in [-0.05, 0) is 42.3 Å². The third kappa shape index (κ3) is 4.08. The van der Waals surface area contributed by atoms with Crippen molar-refractivity contribution in [3.8, 4) is 17.6 Å². The lowest BCUT2D eigenvalue weighted by Gasteiger charge is -2.55. The molecular formula is C30H33N3O3. The van der Waals surface area contributed by atoms with Gasteiger partial charge in [0.1, 0.15) is 17.0 Å². The molecule has 5 rings (SSSR count). The van der Waals surface area contributed by atoms with Crippen LogP contribution in [-0.2, 0) is 11.2 Å². The number of benzene rings is 1. The van der Waals surface area contributed by atoms with Crippen LogP contribution in [-0.4, -0.2) is 51.8 Å². The Labute approximate surface area is 213 Å². The molecule has 1 unspecified atom stereocenters. The number of aromatic nitrogens is 2. The lowest BCUT2D eigenvalue weighted by molar-refractivity contribution is -0.127. The molecule has 0 bridgehead atoms. The molecular weight excluding hydrogens is 450 g/mol. The molecule has 0 amide bonds. The van der Waals surface area contributed by atoms with Gasteiger partial charge in [-0.3, -0.25) is 9.97 Å². The summed E-state index contributed by atoms with van der Waals surface area (Å²) < 4.78 is 5.63. The predicted molar refractivity (Wildman–Crippen MR) is 138 cm³/mol. The second-order valence-corrected chi connectivity index (χ2v) is 10.7. The SMILES string of the molecule is CC(C)c1ccc([C@](O)(c2cncc(C#CC3(O)CCOc4cccnc43)c2)C2(C)CN(C)C2)cc1. The summed E-state index contributed by atoms with van der Waals surface area (Å²) >= 11 is 0. The third-order valence-corrected chi connectivity index (χ3v) is 7.56. The van der Waals surface area contributed by atoms with Crippen LogP contribution < -0.4 is 4.74 Å². The van der Waals surface area contributed by atoms with Crippen molar-refractivity contribution in [3.05, 3.63) is 89.0 Å². The highest BCUT2D eigenvalue weighted by molar-refractivity contribution is 5.47. The lowest BCUT2D eigenvalue weighted by atomic mass is 9.62. The van der Waals surface area contributed by atoms with Gasteiger partial charge in [0.15, 0.2) is 5.60 Å². The zero-order chi connectivity index (χ0) is 25.6. The molecule has 6 heteroatoms. The average molecular weight is 484 g/mol. The normalized spacial score (nSPS) is 22.4. The number of fused-ring (bicyclic) bond motifs is 1. The van der Waals surface area contributed by atoms with Gasteiger partial charge in [-0.15, -0.1) is 0 Å². The van der Waals surface area contributed by atoms with Crippen LogP contribution >= 0.6 is 0 Å². The van der Waals surface area contributed by atoms with E-state index >= 15 is 0 Å². The van der Waals surface area contributed by atoms with Crippen molar-refractivity contribution >= 4 is 0 Å². The Kier molecular flexibility index (Phi) is 6.12. The fraction of sp³-hybridized carbons (Fsp3) is 0.400. The van der Waals surface area contributed by atoms with Gasteiger partial charge in [-0.1, -0.05) is 56.9 Å². The Hall–Kier alpha value is -3.24. The number of nitrogens with zero attached hydrogens (tertiary/aromatic N) is 3. The van der Waals surface area contributed by atoms with E-state index in [-0.39, 0.29) is 0 Å². The summed E-state index contributed by atoms with van der Waals surface area (Å²) in [5.41, 5.74) is 0.776. The number of rotatable bonds is 4. The summed E-state index contributed by atoms with van der Waals surface area (Å²) in [6.07, 6.45) is 5.35. The highest BCUT2D eigenvalue weighted by Gasteiger charge is 2.55. The fourth-order valence-corrected chi connectivity index (χ4v) is 5.59. The van der Waals surface area contributed by atoms with E-state index in [0.29, 0.717) is 41.5 Å². The molecule has 186 valence electrons. The van der Waals surface area contributed by atoms with Crippen molar-refractivity contribution in [2.75, 3.05) is 26.7 Å². The minimum Gasteiger partial charge on any atom is -0.491 e. The first-order valence-electron chi connectivity index (χ1n) is 12.5. The first kappa shape index (κ1) is 24.5. The minimum atomic E-state index is -1.41. The minimum absolute atomic E-state index is 0.327. The van der Waals surface area contributed by atoms with Crippen molar-refractivity contribution in [2.45, 2.75) is 44.3 Å². The zero-order valence-corrected chi connectivity index (χ0v) is 21.3. The van der Waals surface area contributed by atoms with Gasteiger partial charge in [-0.25, -0.2) is 0 Å². The molecule has 1 aromatic carbocycles. The molecule has 2 aliphatic heterocycles. The van der Waals surface area contributed by atoms with Crippen LogP contribution in [0.5, 0.6) is 5.75 Å². The quantitative estimate of drug-likeness (QED) is 0.550. The maximum absolute atomic E-state index is 12.4. The van der Waals surface area contributed by atoms with Crippen LogP contribution in [0.25, 0.3) is 0 Å². The smallest absolute Gasteiger partial charge is 0.175 e. The Morgan fingerprint density at radius 2 is 1.86 bits per heavy atom. The van der Waals surface area contributed by atoms with Crippen molar-refractivity contribution in [3.63, 3.8) is 0 Å². The standard InChI is InChI=1S/C30H33N3O3/c1-21(2)23-7-9-24(10-8-23)30(35,28(3)19-33(4)20-28)25-16-22(17-31-18-25)11-12-29(34)13-15-36-26-6-5-14-32-27(26)29/h5-10,14,16-18,21,34-35H,13,15,19-20H2,1-4H3/t29?,30-/m0/s1. The maximum atomic E-state index is 12.4. The van der Waals surface area contributed by atoms with Crippen LogP contribution in [0.4, 0.5) is 0 Å². The van der Waals surface area contributed by atoms with Crippen molar-refractivity contribution in [1.29, 1.82) is 0 Å². The molecule has 2 aliphatic rings. The van der Waals surface area contributed by atoms with Crippen LogP contribution in [0.1, 0.15) is 61.1 Å². The summed E-state index contributed by atoms with van der Waals surface area (Å²) in [7, 11) is 2.06. The molecule has 0 spiro atoms. The van der Waals surface area contributed by atoms with Crippen LogP contribution in [0, 0.1) is 17.3 Å². The number of aliphatic hydroxyl groups is 2. The molecule has 0 radical (unpaired) electrons. The Bertz CT molecular complexity index is 1320. The predicted octanol–water partition coefficient (Wildman–Crippen LogP) is 3.81. The van der Waals surface area contributed by atoms with E-state index < -0.39 is 16.6 Å². The molecule has 2 atom stereocenters. The number of hydrogen-bond acceptors (Lipinski definition) is 6. The second kappa shape index (κ2) is 9.01. The zero-order valence-electron chi connectivity index (χ0n) is 21.3. The van der Waals surface area contributed by atoms with E-state index in [0.717, 1.165) is 18.7 Å². The molecule has 1 fully saturated rings. The van der Waals surface area contributed by atoms with Crippen LogP contribution in [0.3, 0.4) is 0 Å². The van der Waals surface area contributed by atoms with E-state index in [1.54, 1.807) is 30.7 Å². The summed E-state index contributed by atoms with van der Waals surface area (Å²) in [6, 6.07) is 13.7. The molecule has 2 aromatic heterocycles. The molecule has 4 heterocycles. The highest BCUT2D eigenvalue weighted by Crippen LogP contribution is 2.50.